The van der Waals surface area contributed by atoms with E-state index < -0.39 is 5.60 Å². The molecule has 0 aromatic heterocycles. The van der Waals surface area contributed by atoms with Crippen LogP contribution in [0.5, 0.6) is 0 Å². The highest BCUT2D eigenvalue weighted by Crippen LogP contribution is 2.23. The van der Waals surface area contributed by atoms with Gasteiger partial charge in [-0.3, -0.25) is 4.79 Å². The average Bonchev–Trinajstić information content (AvgIpc) is 2.85. The lowest BCUT2D eigenvalue weighted by Crippen LogP contribution is -2.36. The summed E-state index contributed by atoms with van der Waals surface area (Å²) in [5, 5.41) is 0. The number of hydrogen-bond acceptors (Lipinski definition) is 4. The molecule has 1 saturated heterocycles. The third-order valence-corrected chi connectivity index (χ3v) is 4.02. The van der Waals surface area contributed by atoms with Crippen molar-refractivity contribution in [2.75, 3.05) is 19.7 Å². The lowest BCUT2D eigenvalue weighted by atomic mass is 10.0. The molecule has 1 aliphatic rings. The van der Waals surface area contributed by atoms with Crippen LogP contribution in [0.25, 0.3) is 0 Å². The van der Waals surface area contributed by atoms with Gasteiger partial charge in [-0.2, -0.15) is 0 Å². The summed E-state index contributed by atoms with van der Waals surface area (Å²) < 4.78 is 11.3. The highest BCUT2D eigenvalue weighted by molar-refractivity contribution is 5.81. The highest BCUT2D eigenvalue weighted by Gasteiger charge is 2.40. The van der Waals surface area contributed by atoms with Gasteiger partial charge >= 0.3 is 6.09 Å². The van der Waals surface area contributed by atoms with Crippen LogP contribution < -0.4 is 0 Å². The molecule has 0 aromatic carbocycles. The maximum atomic E-state index is 12.2. The van der Waals surface area contributed by atoms with E-state index in [1.54, 1.807) is 11.8 Å². The smallest absolute Gasteiger partial charge is 0.410 e. The summed E-state index contributed by atoms with van der Waals surface area (Å²) in [6.45, 7) is 10.8. The zero-order chi connectivity index (χ0) is 17.5. The van der Waals surface area contributed by atoms with Gasteiger partial charge in [0.2, 0.25) is 0 Å². The maximum Gasteiger partial charge on any atom is 0.410 e. The fraction of sp³-hybridized carbons (Fsp3) is 0.889. The van der Waals surface area contributed by atoms with Gasteiger partial charge in [-0.25, -0.2) is 4.79 Å². The molecule has 1 unspecified atom stereocenters. The van der Waals surface area contributed by atoms with Gasteiger partial charge in [-0.1, -0.05) is 32.6 Å². The van der Waals surface area contributed by atoms with Gasteiger partial charge in [0.25, 0.3) is 0 Å². The average molecular weight is 327 g/mol. The van der Waals surface area contributed by atoms with E-state index in [1.807, 2.05) is 20.8 Å². The fourth-order valence-corrected chi connectivity index (χ4v) is 2.75. The zero-order valence-corrected chi connectivity index (χ0v) is 15.4. The zero-order valence-electron chi connectivity index (χ0n) is 15.4. The molecule has 0 N–H and O–H groups in total. The lowest BCUT2D eigenvalue weighted by molar-refractivity contribution is -0.123. The molecule has 0 spiro atoms. The molecule has 1 fully saturated rings. The lowest BCUT2D eigenvalue weighted by Gasteiger charge is -2.24. The van der Waals surface area contributed by atoms with E-state index in [-0.39, 0.29) is 23.9 Å². The van der Waals surface area contributed by atoms with Gasteiger partial charge in [-0.15, -0.1) is 0 Å². The second kappa shape index (κ2) is 9.26. The summed E-state index contributed by atoms with van der Waals surface area (Å²) in [5.74, 6) is -0.162. The van der Waals surface area contributed by atoms with Gasteiger partial charge in [0.15, 0.2) is 0 Å². The summed E-state index contributed by atoms with van der Waals surface area (Å²) in [5.41, 5.74) is -0.527. The maximum absolute atomic E-state index is 12.2. The first-order valence-electron chi connectivity index (χ1n) is 8.84. The molecular weight excluding hydrogens is 294 g/mol. The largest absolute Gasteiger partial charge is 0.444 e. The molecule has 134 valence electrons. The van der Waals surface area contributed by atoms with E-state index in [4.69, 9.17) is 9.47 Å². The molecule has 0 aromatic rings. The number of nitrogens with zero attached hydrogens (tertiary/aromatic N) is 1. The molecule has 2 atom stereocenters. The molecule has 1 rings (SSSR count). The van der Waals surface area contributed by atoms with Gasteiger partial charge in [0.1, 0.15) is 11.4 Å². The summed E-state index contributed by atoms with van der Waals surface area (Å²) in [6, 6.07) is 0. The quantitative estimate of drug-likeness (QED) is 0.636. The van der Waals surface area contributed by atoms with Gasteiger partial charge in [0, 0.05) is 13.2 Å². The van der Waals surface area contributed by atoms with Crippen molar-refractivity contribution in [1.82, 2.24) is 4.90 Å². The SMILES string of the molecule is CCCCCCCOC1CN(C(=O)OC(C)(C)C)C[C@H]1C(C)=O. The van der Waals surface area contributed by atoms with Crippen LogP contribution in [0, 0.1) is 5.92 Å². The van der Waals surface area contributed by atoms with Crippen molar-refractivity contribution in [2.24, 2.45) is 5.92 Å². The van der Waals surface area contributed by atoms with Crippen LogP contribution in [0.1, 0.15) is 66.7 Å². The third kappa shape index (κ3) is 7.34. The number of unbranched alkanes of at least 4 members (excludes halogenated alkanes) is 4. The van der Waals surface area contributed by atoms with Crippen molar-refractivity contribution in [1.29, 1.82) is 0 Å². The number of carbonyl (C=O) groups is 2. The van der Waals surface area contributed by atoms with E-state index >= 15 is 0 Å². The third-order valence-electron chi connectivity index (χ3n) is 4.02. The Labute approximate surface area is 140 Å². The number of hydrogen-bond donors (Lipinski definition) is 0. The number of ketones is 1. The number of carbonyl (C=O) groups excluding carboxylic acids is 2. The van der Waals surface area contributed by atoms with Crippen molar-refractivity contribution in [2.45, 2.75) is 78.4 Å². The van der Waals surface area contributed by atoms with Crippen molar-refractivity contribution in [3.63, 3.8) is 0 Å². The molecule has 0 bridgehead atoms. The first-order valence-corrected chi connectivity index (χ1v) is 8.84. The van der Waals surface area contributed by atoms with Crippen LogP contribution in [-0.4, -0.2) is 48.2 Å². The highest BCUT2D eigenvalue weighted by atomic mass is 16.6. The first-order chi connectivity index (χ1) is 10.7. The van der Waals surface area contributed by atoms with Crippen LogP contribution in [0.4, 0.5) is 4.79 Å². The number of likely N-dealkylation sites (tertiary alicyclic amines) is 1. The fourth-order valence-electron chi connectivity index (χ4n) is 2.75. The summed E-state index contributed by atoms with van der Waals surface area (Å²) in [7, 11) is 0. The van der Waals surface area contributed by atoms with Gasteiger partial charge < -0.3 is 14.4 Å². The number of Topliss-reactive ketones (excluding diaryl/α,β-unsaturated/α-hetero) is 1. The topological polar surface area (TPSA) is 55.8 Å². The number of ether oxygens (including phenoxy) is 2. The Morgan fingerprint density at radius 1 is 1.09 bits per heavy atom. The Kier molecular flexibility index (Phi) is 8.03. The number of rotatable bonds is 8. The van der Waals surface area contributed by atoms with Crippen LogP contribution in [0.3, 0.4) is 0 Å². The Bertz CT molecular complexity index is 389. The monoisotopic (exact) mass is 327 g/mol. The normalized spacial score (nSPS) is 21.5. The molecule has 23 heavy (non-hydrogen) atoms. The van der Waals surface area contributed by atoms with E-state index in [2.05, 4.69) is 6.92 Å². The molecule has 5 heteroatoms. The Morgan fingerprint density at radius 2 is 1.74 bits per heavy atom. The summed E-state index contributed by atoms with van der Waals surface area (Å²) in [4.78, 5) is 25.6. The van der Waals surface area contributed by atoms with E-state index in [1.165, 1.54) is 19.3 Å². The van der Waals surface area contributed by atoms with Crippen molar-refractivity contribution in [3.05, 3.63) is 0 Å². The molecule has 5 nitrogen and oxygen atoms in total. The Balaban J connectivity index is 2.45. The minimum atomic E-state index is -0.527. The molecule has 1 heterocycles. The van der Waals surface area contributed by atoms with Gasteiger partial charge in [-0.05, 0) is 34.1 Å². The Morgan fingerprint density at radius 3 is 2.30 bits per heavy atom. The molecule has 0 radical (unpaired) electrons. The van der Waals surface area contributed by atoms with Crippen LogP contribution >= 0.6 is 0 Å². The van der Waals surface area contributed by atoms with Crippen molar-refractivity contribution < 1.29 is 19.1 Å². The van der Waals surface area contributed by atoms with Crippen LogP contribution in [-0.2, 0) is 14.3 Å². The summed E-state index contributed by atoms with van der Waals surface area (Å²) >= 11 is 0. The van der Waals surface area contributed by atoms with Gasteiger partial charge in [0.05, 0.1) is 18.6 Å². The molecular formula is C18H33NO4. The van der Waals surface area contributed by atoms with E-state index in [9.17, 15) is 9.59 Å². The molecule has 0 saturated carbocycles. The molecule has 1 aliphatic heterocycles. The van der Waals surface area contributed by atoms with Crippen LogP contribution in [0.2, 0.25) is 0 Å². The minimum absolute atomic E-state index is 0.0760. The van der Waals surface area contributed by atoms with E-state index in [0.717, 1.165) is 12.8 Å². The van der Waals surface area contributed by atoms with Crippen molar-refractivity contribution >= 4 is 11.9 Å². The first kappa shape index (κ1) is 19.9. The van der Waals surface area contributed by atoms with Crippen molar-refractivity contribution in [3.8, 4) is 0 Å². The predicted molar refractivity (Wildman–Crippen MR) is 90.5 cm³/mol. The predicted octanol–water partition coefficient (Wildman–Crippen LogP) is 3.80. The van der Waals surface area contributed by atoms with E-state index in [0.29, 0.717) is 19.7 Å². The molecule has 1 amide bonds. The van der Waals surface area contributed by atoms with Crippen LogP contribution in [0.15, 0.2) is 0 Å². The second-order valence-electron chi connectivity index (χ2n) is 7.43. The Hall–Kier alpha value is -1.10. The minimum Gasteiger partial charge on any atom is -0.444 e. The second-order valence-corrected chi connectivity index (χ2v) is 7.43. The summed E-state index contributed by atoms with van der Waals surface area (Å²) in [6.07, 6.45) is 5.30. The standard InChI is InChI=1S/C18H33NO4/c1-6-7-8-9-10-11-22-16-13-19(12-15(16)14(2)20)17(21)23-18(3,4)5/h15-16H,6-13H2,1-5H3/t15-,16?/m0/s1. The molecule has 0 aliphatic carbocycles. The number of amides is 1.